The van der Waals surface area contributed by atoms with Crippen LogP contribution in [-0.4, -0.2) is 49.7 Å². The Morgan fingerprint density at radius 1 is 0.935 bits per heavy atom. The smallest absolute Gasteiger partial charge is 0.335 e. The molecular weight excluding hydrogens is 598 g/mol. The zero-order valence-corrected chi connectivity index (χ0v) is 23.9. The van der Waals surface area contributed by atoms with E-state index in [4.69, 9.17) is 27.0 Å². The number of aryl methyl sites for hydroxylation is 1. The first-order valence-electron chi connectivity index (χ1n) is 13.7. The molecule has 0 unspecified atom stereocenters. The van der Waals surface area contributed by atoms with Gasteiger partial charge in [-0.3, -0.25) is 9.78 Å². The standard InChI is InChI=1S/C23H26FN7O2.C7H6FNO2.2CH4/c1-2-33-13-18-30-20-21(19-17(29-22(20)26)6-5-10-27-19)31(18)11-4-3-9-28-23(32)14-7-8-15(24)16(25)12-14;8-5-2-1-4(7(10)11)3-6(5)9;;/h5-8,10,12H,2-4,9,11,13,25H2,1H3,(H2,26,29)(H,28,32);1-3H,9H2,(H,10,11);2*1H4. The molecule has 3 heterocycles. The van der Waals surface area contributed by atoms with E-state index < -0.39 is 17.6 Å². The molecule has 0 spiro atoms. The molecule has 3 aromatic heterocycles. The van der Waals surface area contributed by atoms with E-state index in [2.05, 4.69) is 24.8 Å². The van der Waals surface area contributed by atoms with Crippen LogP contribution in [0.5, 0.6) is 0 Å². The lowest BCUT2D eigenvalue weighted by molar-refractivity contribution is 0.0696. The number of imidazole rings is 1. The highest BCUT2D eigenvalue weighted by Gasteiger charge is 2.18. The first kappa shape index (κ1) is 36.8. The molecule has 246 valence electrons. The van der Waals surface area contributed by atoms with Crippen LogP contribution in [0.3, 0.4) is 0 Å². The molecule has 0 radical (unpaired) electrons. The molecule has 5 aromatic rings. The number of amides is 1. The molecule has 0 aliphatic rings. The van der Waals surface area contributed by atoms with Crippen LogP contribution in [0.25, 0.3) is 22.1 Å². The zero-order valence-electron chi connectivity index (χ0n) is 23.9. The lowest BCUT2D eigenvalue weighted by Gasteiger charge is -2.11. The number of hydrogen-bond donors (Lipinski definition) is 5. The Morgan fingerprint density at radius 2 is 1.59 bits per heavy atom. The minimum absolute atomic E-state index is 0. The Kier molecular flexibility index (Phi) is 13.3. The Bertz CT molecular complexity index is 1810. The summed E-state index contributed by atoms with van der Waals surface area (Å²) >= 11 is 0. The highest BCUT2D eigenvalue weighted by molar-refractivity contribution is 6.04. The molecule has 0 fully saturated rings. The van der Waals surface area contributed by atoms with Gasteiger partial charge in [0.1, 0.15) is 40.6 Å². The number of aromatic nitrogens is 4. The van der Waals surface area contributed by atoms with E-state index >= 15 is 0 Å². The molecule has 12 nitrogen and oxygen atoms in total. The number of ether oxygens (including phenoxy) is 1. The normalized spacial score (nSPS) is 10.4. The third kappa shape index (κ3) is 8.63. The molecule has 0 saturated heterocycles. The van der Waals surface area contributed by atoms with E-state index in [9.17, 15) is 18.4 Å². The van der Waals surface area contributed by atoms with E-state index in [-0.39, 0.29) is 37.7 Å². The summed E-state index contributed by atoms with van der Waals surface area (Å²) in [4.78, 5) is 36.2. The highest BCUT2D eigenvalue weighted by atomic mass is 19.1. The fourth-order valence-corrected chi connectivity index (χ4v) is 4.38. The van der Waals surface area contributed by atoms with Crippen LogP contribution in [0.2, 0.25) is 0 Å². The van der Waals surface area contributed by atoms with Gasteiger partial charge in [-0.1, -0.05) is 14.9 Å². The summed E-state index contributed by atoms with van der Waals surface area (Å²) in [6.45, 7) is 3.95. The monoisotopic (exact) mass is 638 g/mol. The fourth-order valence-electron chi connectivity index (χ4n) is 4.38. The number of pyridine rings is 2. The maximum Gasteiger partial charge on any atom is 0.335 e. The number of nitrogens with zero attached hydrogens (tertiary/aromatic N) is 4. The largest absolute Gasteiger partial charge is 0.478 e. The van der Waals surface area contributed by atoms with Gasteiger partial charge in [0.15, 0.2) is 5.82 Å². The third-order valence-corrected chi connectivity index (χ3v) is 6.57. The number of carbonyl (C=O) groups is 2. The van der Waals surface area contributed by atoms with E-state index in [1.807, 2.05) is 19.1 Å². The van der Waals surface area contributed by atoms with E-state index in [0.717, 1.165) is 47.9 Å². The van der Waals surface area contributed by atoms with Crippen molar-refractivity contribution in [2.75, 3.05) is 30.4 Å². The van der Waals surface area contributed by atoms with Crippen LogP contribution in [0.15, 0.2) is 54.7 Å². The second-order valence-electron chi connectivity index (χ2n) is 9.62. The fraction of sp³-hybridized carbons (Fsp3) is 0.281. The van der Waals surface area contributed by atoms with Crippen LogP contribution in [0, 0.1) is 11.6 Å². The summed E-state index contributed by atoms with van der Waals surface area (Å²) in [6.07, 6.45) is 3.21. The van der Waals surface area contributed by atoms with Crippen LogP contribution in [0.1, 0.15) is 61.2 Å². The predicted molar refractivity (Wildman–Crippen MR) is 176 cm³/mol. The number of carboxylic acids is 1. The molecule has 0 aliphatic heterocycles. The quantitative estimate of drug-likeness (QED) is 0.0974. The molecule has 0 saturated carbocycles. The Hall–Kier alpha value is -5.37. The van der Waals surface area contributed by atoms with Gasteiger partial charge in [0.2, 0.25) is 0 Å². The average molecular weight is 639 g/mol. The minimum atomic E-state index is -1.11. The summed E-state index contributed by atoms with van der Waals surface area (Å²) in [7, 11) is 0. The first-order valence-corrected chi connectivity index (χ1v) is 13.7. The molecule has 1 amide bonds. The van der Waals surface area contributed by atoms with Gasteiger partial charge in [-0.2, -0.15) is 0 Å². The van der Waals surface area contributed by atoms with E-state index in [0.29, 0.717) is 48.7 Å². The number of fused-ring (bicyclic) bond motifs is 3. The molecule has 0 atom stereocenters. The van der Waals surface area contributed by atoms with Gasteiger partial charge in [-0.25, -0.2) is 23.5 Å². The SMILES string of the molecule is C.C.CCOCc1nc2c(N)nc3cccnc3c2n1CCCCNC(=O)c1ccc(F)c(N)c1.Nc1cc(C(=O)O)ccc1F. The number of benzene rings is 2. The first-order chi connectivity index (χ1) is 21.1. The number of nitrogens with one attached hydrogen (secondary N) is 1. The Balaban J connectivity index is 0.000000483. The number of hydrogen-bond acceptors (Lipinski definition) is 9. The van der Waals surface area contributed by atoms with Gasteiger partial charge >= 0.3 is 5.97 Å². The molecule has 2 aromatic carbocycles. The second kappa shape index (κ2) is 16.6. The van der Waals surface area contributed by atoms with Gasteiger partial charge in [0.25, 0.3) is 5.91 Å². The number of carbonyl (C=O) groups excluding carboxylic acids is 1. The molecule has 8 N–H and O–H groups in total. The zero-order chi connectivity index (χ0) is 31.8. The number of carboxylic acid groups (broad SMARTS) is 1. The van der Waals surface area contributed by atoms with Crippen LogP contribution in [0.4, 0.5) is 26.0 Å². The average Bonchev–Trinajstić information content (AvgIpc) is 3.38. The van der Waals surface area contributed by atoms with E-state index in [1.54, 1.807) is 6.20 Å². The molecule has 14 heteroatoms. The molecule has 46 heavy (non-hydrogen) atoms. The van der Waals surface area contributed by atoms with Crippen molar-refractivity contribution < 1.29 is 28.2 Å². The van der Waals surface area contributed by atoms with Crippen LogP contribution in [-0.2, 0) is 17.9 Å². The van der Waals surface area contributed by atoms with Crippen molar-refractivity contribution in [2.45, 2.75) is 47.8 Å². The van der Waals surface area contributed by atoms with Crippen molar-refractivity contribution in [3.05, 3.63) is 83.3 Å². The van der Waals surface area contributed by atoms with E-state index in [1.165, 1.54) is 18.2 Å². The van der Waals surface area contributed by atoms with Crippen molar-refractivity contribution in [3.8, 4) is 0 Å². The van der Waals surface area contributed by atoms with Crippen molar-refractivity contribution in [1.29, 1.82) is 0 Å². The van der Waals surface area contributed by atoms with Crippen molar-refractivity contribution >= 4 is 51.1 Å². The van der Waals surface area contributed by atoms with Crippen molar-refractivity contribution in [2.24, 2.45) is 0 Å². The van der Waals surface area contributed by atoms with Crippen LogP contribution < -0.4 is 22.5 Å². The summed E-state index contributed by atoms with van der Waals surface area (Å²) in [5, 5.41) is 11.3. The number of nitrogen functional groups attached to an aromatic ring is 3. The summed E-state index contributed by atoms with van der Waals surface area (Å²) in [6, 6.07) is 10.9. The van der Waals surface area contributed by atoms with Gasteiger partial charge in [-0.15, -0.1) is 0 Å². The summed E-state index contributed by atoms with van der Waals surface area (Å²) in [5.74, 6) is -1.44. The molecule has 5 rings (SSSR count). The van der Waals surface area contributed by atoms with Crippen molar-refractivity contribution in [3.63, 3.8) is 0 Å². The van der Waals surface area contributed by atoms with Gasteiger partial charge in [0.05, 0.1) is 22.5 Å². The predicted octanol–water partition coefficient (Wildman–Crippen LogP) is 5.41. The van der Waals surface area contributed by atoms with Gasteiger partial charge < -0.3 is 36.9 Å². The molecule has 0 aliphatic carbocycles. The maximum atomic E-state index is 13.3. The number of halogens is 2. The Labute approximate surface area is 265 Å². The lowest BCUT2D eigenvalue weighted by atomic mass is 10.2. The topological polar surface area (TPSA) is 197 Å². The highest BCUT2D eigenvalue weighted by Crippen LogP contribution is 2.28. The lowest BCUT2D eigenvalue weighted by Crippen LogP contribution is -2.24. The summed E-state index contributed by atoms with van der Waals surface area (Å²) in [5.41, 5.74) is 19.8. The molecule has 0 bridgehead atoms. The Morgan fingerprint density at radius 3 is 2.22 bits per heavy atom. The third-order valence-electron chi connectivity index (χ3n) is 6.57. The molecular formula is C32H40F2N8O4. The summed E-state index contributed by atoms with van der Waals surface area (Å²) < 4.78 is 33.4. The van der Waals surface area contributed by atoms with Crippen molar-refractivity contribution in [1.82, 2.24) is 24.8 Å². The van der Waals surface area contributed by atoms with Gasteiger partial charge in [-0.05, 0) is 68.3 Å². The number of rotatable bonds is 10. The van der Waals surface area contributed by atoms with Crippen LogP contribution >= 0.6 is 0 Å². The number of nitrogens with two attached hydrogens (primary N) is 3. The maximum absolute atomic E-state index is 13.3. The number of aromatic carboxylic acids is 1. The number of anilines is 3. The van der Waals surface area contributed by atoms with Gasteiger partial charge in [0, 0.05) is 31.5 Å². The second-order valence-corrected chi connectivity index (χ2v) is 9.62. The minimum Gasteiger partial charge on any atom is -0.478 e. The number of unbranched alkanes of at least 4 members (excludes halogenated alkanes) is 1.